The van der Waals surface area contributed by atoms with E-state index in [4.69, 9.17) is 23.1 Å². The molecule has 0 atom stereocenters. The van der Waals surface area contributed by atoms with Crippen molar-refractivity contribution in [3.8, 4) is 0 Å². The van der Waals surface area contributed by atoms with Gasteiger partial charge in [0.05, 0.1) is 11.3 Å². The van der Waals surface area contributed by atoms with Crippen molar-refractivity contribution in [2.24, 2.45) is 21.5 Å². The lowest BCUT2D eigenvalue weighted by molar-refractivity contribution is 0.955. The minimum absolute atomic E-state index is 0.156. The van der Waals surface area contributed by atoms with Crippen LogP contribution >= 0.6 is 11.6 Å². The molecule has 5 nitrogen and oxygen atoms in total. The maximum absolute atomic E-state index is 6.19. The average molecular weight is 302 g/mol. The predicted molar refractivity (Wildman–Crippen MR) is 88.2 cm³/mol. The maximum Gasteiger partial charge on any atom is 0.165 e. The van der Waals surface area contributed by atoms with Gasteiger partial charge in [0, 0.05) is 17.6 Å². The molecule has 1 aromatic carbocycles. The normalized spacial score (nSPS) is 18.4. The maximum atomic E-state index is 6.19. The molecule has 0 spiro atoms. The molecule has 1 aliphatic heterocycles. The van der Waals surface area contributed by atoms with E-state index >= 15 is 0 Å². The fraction of sp³-hybridized carbons (Fsp3) is 0.0667. The van der Waals surface area contributed by atoms with Crippen LogP contribution in [0.3, 0.4) is 0 Å². The van der Waals surface area contributed by atoms with Crippen LogP contribution in [0, 0.1) is 0 Å². The molecule has 1 heterocycles. The van der Waals surface area contributed by atoms with E-state index in [0.717, 1.165) is 5.56 Å². The molecule has 1 aliphatic rings. The van der Waals surface area contributed by atoms with E-state index in [1.165, 1.54) is 0 Å². The highest BCUT2D eigenvalue weighted by molar-refractivity contribution is 6.36. The van der Waals surface area contributed by atoms with Gasteiger partial charge in [0.1, 0.15) is 11.6 Å². The Morgan fingerprint density at radius 2 is 2.00 bits per heavy atom. The molecule has 2 rings (SSSR count). The largest absolute Gasteiger partial charge is 0.385 e. The van der Waals surface area contributed by atoms with E-state index in [1.54, 1.807) is 13.1 Å². The lowest BCUT2D eigenvalue weighted by Gasteiger charge is -2.14. The number of benzene rings is 1. The second-order valence-electron chi connectivity index (χ2n) is 4.31. The lowest BCUT2D eigenvalue weighted by atomic mass is 10.0. The Bertz CT molecular complexity index is 698. The predicted octanol–water partition coefficient (Wildman–Crippen LogP) is 1.92. The summed E-state index contributed by atoms with van der Waals surface area (Å²) in [5, 5.41) is 3.48. The molecular formula is C15H16ClN5. The monoisotopic (exact) mass is 301 g/mol. The van der Waals surface area contributed by atoms with E-state index in [9.17, 15) is 0 Å². The summed E-state index contributed by atoms with van der Waals surface area (Å²) in [6.45, 7) is 3.57. The van der Waals surface area contributed by atoms with Gasteiger partial charge >= 0.3 is 0 Å². The third-order valence-corrected chi connectivity index (χ3v) is 3.16. The minimum atomic E-state index is 0.156. The summed E-state index contributed by atoms with van der Waals surface area (Å²) in [6.07, 6.45) is 3.65. The first-order valence-electron chi connectivity index (χ1n) is 6.25. The quantitative estimate of drug-likeness (QED) is 0.797. The van der Waals surface area contributed by atoms with Crippen LogP contribution in [0.25, 0.3) is 0 Å². The number of nitrogens with zero attached hydrogens (tertiary/aromatic N) is 2. The van der Waals surface area contributed by atoms with E-state index in [0.29, 0.717) is 28.0 Å². The summed E-state index contributed by atoms with van der Waals surface area (Å²) in [6, 6.07) is 7.44. The zero-order valence-electron chi connectivity index (χ0n) is 11.6. The van der Waals surface area contributed by atoms with Gasteiger partial charge in [0.25, 0.3) is 0 Å². The Hall–Kier alpha value is -2.53. The molecule has 108 valence electrons. The van der Waals surface area contributed by atoms with Crippen LogP contribution in [-0.4, -0.2) is 18.6 Å². The molecule has 0 saturated carbocycles. The number of dihydropyridines is 1. The van der Waals surface area contributed by atoms with Crippen molar-refractivity contribution in [3.63, 3.8) is 0 Å². The van der Waals surface area contributed by atoms with Crippen molar-refractivity contribution < 1.29 is 0 Å². The zero-order valence-corrected chi connectivity index (χ0v) is 12.4. The number of nitrogens with one attached hydrogen (secondary N) is 1. The van der Waals surface area contributed by atoms with Crippen LogP contribution in [0.5, 0.6) is 0 Å². The lowest BCUT2D eigenvalue weighted by Crippen LogP contribution is -2.22. The summed E-state index contributed by atoms with van der Waals surface area (Å²) < 4.78 is 0. The minimum Gasteiger partial charge on any atom is -0.385 e. The Kier molecular flexibility index (Phi) is 4.45. The van der Waals surface area contributed by atoms with Crippen LogP contribution in [0.2, 0.25) is 5.02 Å². The number of hydrogen-bond donors (Lipinski definition) is 3. The topological polar surface area (TPSA) is 88.8 Å². The molecule has 0 amide bonds. The Balaban J connectivity index is 2.54. The first-order valence-corrected chi connectivity index (χ1v) is 6.63. The molecule has 0 aliphatic carbocycles. The summed E-state index contributed by atoms with van der Waals surface area (Å²) >= 11 is 6.19. The van der Waals surface area contributed by atoms with E-state index in [1.807, 2.05) is 30.4 Å². The average Bonchev–Trinajstić information content (AvgIpc) is 2.46. The highest BCUT2D eigenvalue weighted by atomic mass is 35.5. The zero-order chi connectivity index (χ0) is 15.4. The van der Waals surface area contributed by atoms with Crippen LogP contribution in [0.1, 0.15) is 5.56 Å². The van der Waals surface area contributed by atoms with E-state index < -0.39 is 0 Å². The van der Waals surface area contributed by atoms with Crippen molar-refractivity contribution >= 4 is 23.1 Å². The molecule has 0 unspecified atom stereocenters. The van der Waals surface area contributed by atoms with Crippen LogP contribution < -0.4 is 16.8 Å². The highest BCUT2D eigenvalue weighted by Gasteiger charge is 2.16. The second-order valence-corrected chi connectivity index (χ2v) is 4.72. The number of rotatable bonds is 3. The fourth-order valence-corrected chi connectivity index (χ4v) is 2.07. The van der Waals surface area contributed by atoms with Crippen molar-refractivity contribution in [1.29, 1.82) is 0 Å². The number of amidine groups is 1. The number of hydrogen-bond acceptors (Lipinski definition) is 4. The second kappa shape index (κ2) is 6.28. The van der Waals surface area contributed by atoms with Gasteiger partial charge in [-0.15, -0.1) is 0 Å². The van der Waals surface area contributed by atoms with Gasteiger partial charge in [-0.1, -0.05) is 36.4 Å². The van der Waals surface area contributed by atoms with Gasteiger partial charge in [-0.2, -0.15) is 0 Å². The van der Waals surface area contributed by atoms with Crippen molar-refractivity contribution in [3.05, 3.63) is 70.8 Å². The Morgan fingerprint density at radius 1 is 1.29 bits per heavy atom. The summed E-state index contributed by atoms with van der Waals surface area (Å²) in [5.41, 5.74) is 13.6. The molecule has 0 aromatic heterocycles. The van der Waals surface area contributed by atoms with Gasteiger partial charge in [0.2, 0.25) is 0 Å². The van der Waals surface area contributed by atoms with E-state index in [-0.39, 0.29) is 5.82 Å². The van der Waals surface area contributed by atoms with Crippen molar-refractivity contribution in [2.75, 3.05) is 7.05 Å². The van der Waals surface area contributed by atoms with Crippen LogP contribution in [0.4, 0.5) is 0 Å². The van der Waals surface area contributed by atoms with Gasteiger partial charge in [-0.05, 0) is 18.2 Å². The van der Waals surface area contributed by atoms with Crippen molar-refractivity contribution in [1.82, 2.24) is 5.32 Å². The number of nitrogens with two attached hydrogens (primary N) is 2. The smallest absolute Gasteiger partial charge is 0.165 e. The van der Waals surface area contributed by atoms with Gasteiger partial charge in [0.15, 0.2) is 5.84 Å². The summed E-state index contributed by atoms with van der Waals surface area (Å²) in [5.74, 6) is 1.00. The molecule has 0 saturated heterocycles. The summed E-state index contributed by atoms with van der Waals surface area (Å²) in [4.78, 5) is 8.61. The summed E-state index contributed by atoms with van der Waals surface area (Å²) in [7, 11) is 1.72. The highest BCUT2D eigenvalue weighted by Crippen LogP contribution is 2.21. The third kappa shape index (κ3) is 3.32. The Morgan fingerprint density at radius 3 is 2.62 bits per heavy atom. The molecule has 6 heteroatoms. The first-order chi connectivity index (χ1) is 10.0. The molecule has 1 aromatic rings. The van der Waals surface area contributed by atoms with Crippen LogP contribution in [-0.2, 0) is 0 Å². The molecular weight excluding hydrogens is 286 g/mol. The third-order valence-electron chi connectivity index (χ3n) is 2.83. The van der Waals surface area contributed by atoms with E-state index in [2.05, 4.69) is 21.9 Å². The van der Waals surface area contributed by atoms with Gasteiger partial charge < -0.3 is 16.8 Å². The standard InChI is InChI=1S/C15H16ClN5/c1-9(17)20-15-11(14(18)19-2)7-8-13(21-15)10-5-3-4-6-12(10)16/h3-8,19H,1,17-18H2,2H3/b14-11+,20-15+. The first kappa shape index (κ1) is 14.9. The molecule has 0 radical (unpaired) electrons. The number of aliphatic imine (C=N–C) groups is 2. The Labute approximate surface area is 128 Å². The number of halogens is 1. The van der Waals surface area contributed by atoms with Gasteiger partial charge in [-0.25, -0.2) is 9.98 Å². The van der Waals surface area contributed by atoms with Crippen molar-refractivity contribution in [2.45, 2.75) is 0 Å². The molecule has 21 heavy (non-hydrogen) atoms. The molecule has 0 fully saturated rings. The molecule has 5 N–H and O–H groups in total. The van der Waals surface area contributed by atoms with Gasteiger partial charge in [-0.3, -0.25) is 0 Å². The molecule has 0 bridgehead atoms. The fourth-order valence-electron chi connectivity index (χ4n) is 1.83. The SMILES string of the molecule is C=C(N)/N=C1/N=C(c2ccccc2Cl)C=C/C1=C(/N)NC. The number of allylic oxidation sites excluding steroid dienone is 1. The van der Waals surface area contributed by atoms with Crippen LogP contribution in [0.15, 0.2) is 70.2 Å².